The second-order valence-electron chi connectivity index (χ2n) is 9.56. The van der Waals surface area contributed by atoms with Gasteiger partial charge in [0, 0.05) is 11.1 Å². The molecular weight excluding hydrogens is 512 g/mol. The summed E-state index contributed by atoms with van der Waals surface area (Å²) in [5.41, 5.74) is 13.7. The van der Waals surface area contributed by atoms with E-state index in [1.165, 1.54) is 5.56 Å². The standard InChI is InChI=1S/C33H28N6O2/c1-22-8-10-25(11-9-22)30-20-29(24-12-16-28(17-13-24)41-21-23-6-4-3-5-7-23)35-33-31(32(34)38-39(30)33)37-36-26-14-18-27(40-2)19-15-26/h3-20H,21H2,1-2H3,(H2,34,38). The molecule has 2 N–H and O–H groups in total. The zero-order chi connectivity index (χ0) is 28.2. The van der Waals surface area contributed by atoms with Crippen molar-refractivity contribution in [3.63, 3.8) is 0 Å². The van der Waals surface area contributed by atoms with Crippen LogP contribution in [0.2, 0.25) is 0 Å². The minimum absolute atomic E-state index is 0.241. The van der Waals surface area contributed by atoms with E-state index in [9.17, 15) is 0 Å². The van der Waals surface area contributed by atoms with Crippen LogP contribution >= 0.6 is 0 Å². The van der Waals surface area contributed by atoms with Crippen molar-refractivity contribution in [2.24, 2.45) is 10.2 Å². The third-order valence-corrected chi connectivity index (χ3v) is 6.67. The molecule has 8 heteroatoms. The van der Waals surface area contributed by atoms with Gasteiger partial charge in [0.25, 0.3) is 0 Å². The molecule has 0 aliphatic carbocycles. The Hall–Kier alpha value is -5.50. The number of azo groups is 1. The van der Waals surface area contributed by atoms with Crippen molar-refractivity contribution >= 4 is 22.8 Å². The SMILES string of the molecule is COc1ccc(N=Nc2c(N)nn3c(-c4ccc(C)cc4)cc(-c4ccc(OCc5ccccc5)cc4)nc23)cc1. The third-order valence-electron chi connectivity index (χ3n) is 6.67. The second-order valence-corrected chi connectivity index (χ2v) is 9.56. The van der Waals surface area contributed by atoms with Crippen molar-refractivity contribution in [1.29, 1.82) is 0 Å². The minimum Gasteiger partial charge on any atom is -0.497 e. The van der Waals surface area contributed by atoms with Gasteiger partial charge in [-0.3, -0.25) is 0 Å². The lowest BCUT2D eigenvalue weighted by molar-refractivity contribution is 0.306. The summed E-state index contributed by atoms with van der Waals surface area (Å²) in [4.78, 5) is 4.94. The molecular formula is C33H28N6O2. The summed E-state index contributed by atoms with van der Waals surface area (Å²) < 4.78 is 12.9. The second kappa shape index (κ2) is 11.3. The quantitative estimate of drug-likeness (QED) is 0.197. The molecule has 6 rings (SSSR count). The van der Waals surface area contributed by atoms with E-state index >= 15 is 0 Å². The predicted molar refractivity (Wildman–Crippen MR) is 161 cm³/mol. The summed E-state index contributed by atoms with van der Waals surface area (Å²) >= 11 is 0. The van der Waals surface area contributed by atoms with Gasteiger partial charge >= 0.3 is 0 Å². The maximum Gasteiger partial charge on any atom is 0.186 e. The molecule has 0 saturated carbocycles. The zero-order valence-corrected chi connectivity index (χ0v) is 22.7. The molecule has 0 saturated heterocycles. The average Bonchev–Trinajstić information content (AvgIpc) is 3.34. The fraction of sp³-hybridized carbons (Fsp3) is 0.0909. The number of nitrogen functional groups attached to an aromatic ring is 1. The lowest BCUT2D eigenvalue weighted by Gasteiger charge is -2.10. The minimum atomic E-state index is 0.241. The Labute approximate surface area is 237 Å². The Morgan fingerprint density at radius 3 is 2.17 bits per heavy atom. The van der Waals surface area contributed by atoms with Crippen LogP contribution in [0.5, 0.6) is 11.5 Å². The highest BCUT2D eigenvalue weighted by atomic mass is 16.5. The number of hydrogen-bond acceptors (Lipinski definition) is 7. The molecule has 0 spiro atoms. The van der Waals surface area contributed by atoms with Gasteiger partial charge in [0.15, 0.2) is 17.2 Å². The maximum atomic E-state index is 6.36. The van der Waals surface area contributed by atoms with E-state index in [2.05, 4.69) is 46.5 Å². The van der Waals surface area contributed by atoms with Gasteiger partial charge in [-0.15, -0.1) is 10.2 Å². The molecule has 202 valence electrons. The first-order valence-corrected chi connectivity index (χ1v) is 13.2. The van der Waals surface area contributed by atoms with Crippen LogP contribution in [0.15, 0.2) is 119 Å². The Balaban J connectivity index is 1.39. The van der Waals surface area contributed by atoms with E-state index in [-0.39, 0.29) is 5.82 Å². The summed E-state index contributed by atoms with van der Waals surface area (Å²) in [6, 6.07) is 35.5. The van der Waals surface area contributed by atoms with Gasteiger partial charge < -0.3 is 15.2 Å². The van der Waals surface area contributed by atoms with Crippen LogP contribution in [-0.4, -0.2) is 21.7 Å². The molecule has 8 nitrogen and oxygen atoms in total. The highest BCUT2D eigenvalue weighted by molar-refractivity contribution is 5.81. The van der Waals surface area contributed by atoms with Crippen LogP contribution in [0, 0.1) is 6.92 Å². The fourth-order valence-corrected chi connectivity index (χ4v) is 4.42. The molecule has 0 bridgehead atoms. The van der Waals surface area contributed by atoms with Crippen LogP contribution in [-0.2, 0) is 6.61 Å². The Bertz CT molecular complexity index is 1810. The normalized spacial score (nSPS) is 11.3. The van der Waals surface area contributed by atoms with Crippen LogP contribution in [0.25, 0.3) is 28.2 Å². The number of fused-ring (bicyclic) bond motifs is 1. The third kappa shape index (κ3) is 5.62. The molecule has 0 unspecified atom stereocenters. The summed E-state index contributed by atoms with van der Waals surface area (Å²) in [7, 11) is 1.62. The summed E-state index contributed by atoms with van der Waals surface area (Å²) in [6.45, 7) is 2.56. The smallest absolute Gasteiger partial charge is 0.186 e. The van der Waals surface area contributed by atoms with Gasteiger partial charge in [-0.05, 0) is 67.1 Å². The Kier molecular flexibility index (Phi) is 7.11. The number of benzene rings is 4. The monoisotopic (exact) mass is 540 g/mol. The number of nitrogens with zero attached hydrogens (tertiary/aromatic N) is 5. The van der Waals surface area contributed by atoms with Gasteiger partial charge in [0.05, 0.1) is 24.2 Å². The number of methoxy groups -OCH3 is 1. The van der Waals surface area contributed by atoms with E-state index in [1.54, 1.807) is 11.6 Å². The number of aromatic nitrogens is 3. The first-order chi connectivity index (χ1) is 20.1. The van der Waals surface area contributed by atoms with Crippen LogP contribution in [0.3, 0.4) is 0 Å². The molecule has 0 aliphatic heterocycles. The summed E-state index contributed by atoms with van der Waals surface area (Å²) in [5, 5.41) is 13.4. The van der Waals surface area contributed by atoms with E-state index in [0.717, 1.165) is 39.6 Å². The van der Waals surface area contributed by atoms with E-state index in [1.807, 2.05) is 84.9 Å². The topological polar surface area (TPSA) is 99.4 Å². The van der Waals surface area contributed by atoms with Crippen molar-refractivity contribution in [2.45, 2.75) is 13.5 Å². The first-order valence-electron chi connectivity index (χ1n) is 13.2. The lowest BCUT2D eigenvalue weighted by atomic mass is 10.1. The fourth-order valence-electron chi connectivity index (χ4n) is 4.42. The van der Waals surface area contributed by atoms with Crippen molar-refractivity contribution in [3.8, 4) is 34.0 Å². The van der Waals surface area contributed by atoms with E-state index in [4.69, 9.17) is 20.2 Å². The molecule has 41 heavy (non-hydrogen) atoms. The van der Waals surface area contributed by atoms with Gasteiger partial charge in [-0.25, -0.2) is 9.50 Å². The van der Waals surface area contributed by atoms with E-state index < -0.39 is 0 Å². The molecule has 0 radical (unpaired) electrons. The van der Waals surface area contributed by atoms with Crippen molar-refractivity contribution in [3.05, 3.63) is 120 Å². The number of nitrogens with two attached hydrogens (primary N) is 1. The largest absolute Gasteiger partial charge is 0.497 e. The van der Waals surface area contributed by atoms with Gasteiger partial charge in [0.2, 0.25) is 0 Å². The molecule has 0 aliphatic rings. The van der Waals surface area contributed by atoms with Crippen molar-refractivity contribution in [1.82, 2.24) is 14.6 Å². The first kappa shape index (κ1) is 25.8. The molecule has 0 atom stereocenters. The highest BCUT2D eigenvalue weighted by Gasteiger charge is 2.18. The number of hydrogen-bond donors (Lipinski definition) is 1. The van der Waals surface area contributed by atoms with Crippen molar-refractivity contribution in [2.75, 3.05) is 12.8 Å². The zero-order valence-electron chi connectivity index (χ0n) is 22.7. The average molecular weight is 541 g/mol. The summed E-state index contributed by atoms with van der Waals surface area (Å²) in [5.74, 6) is 1.76. The van der Waals surface area contributed by atoms with Gasteiger partial charge in [0.1, 0.15) is 18.1 Å². The maximum absolute atomic E-state index is 6.36. The lowest BCUT2D eigenvalue weighted by Crippen LogP contribution is -1.99. The number of anilines is 1. The summed E-state index contributed by atoms with van der Waals surface area (Å²) in [6.07, 6.45) is 0. The molecule has 0 fully saturated rings. The van der Waals surface area contributed by atoms with Gasteiger partial charge in [-0.1, -0.05) is 60.2 Å². The molecule has 2 heterocycles. The van der Waals surface area contributed by atoms with E-state index in [0.29, 0.717) is 23.6 Å². The Morgan fingerprint density at radius 2 is 1.46 bits per heavy atom. The van der Waals surface area contributed by atoms with Crippen LogP contribution in [0.4, 0.5) is 17.2 Å². The Morgan fingerprint density at radius 1 is 0.780 bits per heavy atom. The highest BCUT2D eigenvalue weighted by Crippen LogP contribution is 2.35. The van der Waals surface area contributed by atoms with Crippen LogP contribution in [0.1, 0.15) is 11.1 Å². The van der Waals surface area contributed by atoms with Crippen molar-refractivity contribution < 1.29 is 9.47 Å². The van der Waals surface area contributed by atoms with Crippen LogP contribution < -0.4 is 15.2 Å². The number of aryl methyl sites for hydroxylation is 1. The number of ether oxygens (including phenoxy) is 2. The van der Waals surface area contributed by atoms with Gasteiger partial charge in [-0.2, -0.15) is 5.11 Å². The molecule has 6 aromatic rings. The number of rotatable bonds is 8. The molecule has 0 amide bonds. The molecule has 4 aromatic carbocycles. The predicted octanol–water partition coefficient (Wildman–Crippen LogP) is 7.96. The molecule has 2 aromatic heterocycles.